The summed E-state index contributed by atoms with van der Waals surface area (Å²) in [6, 6.07) is 4.16. The van der Waals surface area contributed by atoms with E-state index in [1.807, 2.05) is 0 Å². The van der Waals surface area contributed by atoms with Crippen molar-refractivity contribution in [3.63, 3.8) is 0 Å². The topological polar surface area (TPSA) is 93.7 Å². The van der Waals surface area contributed by atoms with Crippen molar-refractivity contribution in [1.82, 2.24) is 0 Å². The van der Waals surface area contributed by atoms with Gasteiger partial charge in [-0.1, -0.05) is 0 Å². The second-order valence-electron chi connectivity index (χ2n) is 5.60. The molecule has 0 fully saturated rings. The number of aryl methyl sites for hydroxylation is 1. The predicted octanol–water partition coefficient (Wildman–Crippen LogP) is 3.13. The molecule has 1 aromatic carbocycles. The fourth-order valence-electron chi connectivity index (χ4n) is 2.41. The van der Waals surface area contributed by atoms with Gasteiger partial charge in [0.15, 0.2) is 0 Å². The molecule has 2 rings (SSSR count). The van der Waals surface area contributed by atoms with E-state index in [1.54, 1.807) is 13.8 Å². The van der Waals surface area contributed by atoms with Gasteiger partial charge in [-0.25, -0.2) is 14.0 Å². The lowest BCUT2D eigenvalue weighted by Crippen LogP contribution is -2.22. The van der Waals surface area contributed by atoms with Crippen molar-refractivity contribution in [1.29, 1.82) is 0 Å². The van der Waals surface area contributed by atoms with Crippen molar-refractivity contribution >= 4 is 39.9 Å². The Bertz CT molecular complexity index is 894. The maximum atomic E-state index is 13.1. The molecule has 7 nitrogen and oxygen atoms in total. The Labute approximate surface area is 159 Å². The zero-order valence-corrected chi connectivity index (χ0v) is 16.1. The van der Waals surface area contributed by atoms with Crippen molar-refractivity contribution in [2.45, 2.75) is 13.8 Å². The number of halogens is 1. The maximum absolute atomic E-state index is 13.1. The molecule has 1 amide bonds. The smallest absolute Gasteiger partial charge is 0.348 e. The van der Waals surface area contributed by atoms with Crippen LogP contribution in [0.5, 0.6) is 0 Å². The molecule has 27 heavy (non-hydrogen) atoms. The largest absolute Gasteiger partial charge is 0.465 e. The molecule has 0 aliphatic heterocycles. The molecule has 0 spiro atoms. The number of ether oxygens (including phenoxy) is 2. The zero-order chi connectivity index (χ0) is 20.1. The van der Waals surface area contributed by atoms with E-state index in [2.05, 4.69) is 10.6 Å². The van der Waals surface area contributed by atoms with Crippen molar-refractivity contribution < 1.29 is 28.2 Å². The van der Waals surface area contributed by atoms with E-state index in [4.69, 9.17) is 9.47 Å². The number of benzene rings is 1. The van der Waals surface area contributed by atoms with E-state index in [9.17, 15) is 18.8 Å². The highest BCUT2D eigenvalue weighted by atomic mass is 32.1. The molecule has 0 aliphatic rings. The van der Waals surface area contributed by atoms with Gasteiger partial charge >= 0.3 is 11.9 Å². The summed E-state index contributed by atoms with van der Waals surface area (Å²) in [6.07, 6.45) is 0. The Morgan fingerprint density at radius 3 is 2.37 bits per heavy atom. The van der Waals surface area contributed by atoms with Crippen LogP contribution in [0.1, 0.15) is 31.2 Å². The number of rotatable bonds is 6. The molecule has 0 saturated heterocycles. The zero-order valence-electron chi connectivity index (χ0n) is 15.3. The Morgan fingerprint density at radius 1 is 1.11 bits per heavy atom. The lowest BCUT2D eigenvalue weighted by molar-refractivity contribution is -0.114. The lowest BCUT2D eigenvalue weighted by Gasteiger charge is -2.10. The quantitative estimate of drug-likeness (QED) is 0.731. The third-order valence-electron chi connectivity index (χ3n) is 3.79. The molecular weight excluding hydrogens is 375 g/mol. The van der Waals surface area contributed by atoms with Gasteiger partial charge in [-0.15, -0.1) is 11.3 Å². The fraction of sp³-hybridized carbons (Fsp3) is 0.278. The van der Waals surface area contributed by atoms with Crippen LogP contribution in [0.25, 0.3) is 0 Å². The van der Waals surface area contributed by atoms with Crippen LogP contribution < -0.4 is 10.6 Å². The van der Waals surface area contributed by atoms with E-state index >= 15 is 0 Å². The number of esters is 2. The second-order valence-corrected chi connectivity index (χ2v) is 6.63. The van der Waals surface area contributed by atoms with Gasteiger partial charge in [-0.3, -0.25) is 4.79 Å². The standard InChI is InChI=1S/C18H19FN2O5S/c1-9-7-11(19)5-6-12(9)20-8-13(22)21-16-14(17(23)25-3)10(2)15(27-16)18(24)26-4/h5-7,20H,8H2,1-4H3,(H,21,22). The van der Waals surface area contributed by atoms with Crippen molar-refractivity contribution in [3.05, 3.63) is 45.6 Å². The monoisotopic (exact) mass is 394 g/mol. The van der Waals surface area contributed by atoms with E-state index in [0.717, 1.165) is 11.3 Å². The number of anilines is 2. The lowest BCUT2D eigenvalue weighted by atomic mass is 10.1. The first-order chi connectivity index (χ1) is 12.8. The maximum Gasteiger partial charge on any atom is 0.348 e. The number of hydrogen-bond acceptors (Lipinski definition) is 7. The molecular formula is C18H19FN2O5S. The van der Waals surface area contributed by atoms with Gasteiger partial charge in [-0.2, -0.15) is 0 Å². The van der Waals surface area contributed by atoms with Crippen molar-refractivity contribution in [3.8, 4) is 0 Å². The highest BCUT2D eigenvalue weighted by molar-refractivity contribution is 7.18. The number of thiophene rings is 1. The fourth-order valence-corrected chi connectivity index (χ4v) is 3.54. The molecule has 9 heteroatoms. The van der Waals surface area contributed by atoms with Gasteiger partial charge in [0, 0.05) is 5.69 Å². The van der Waals surface area contributed by atoms with Crippen LogP contribution in [0.3, 0.4) is 0 Å². The van der Waals surface area contributed by atoms with Crippen LogP contribution in [0.4, 0.5) is 15.1 Å². The van der Waals surface area contributed by atoms with Gasteiger partial charge in [-0.05, 0) is 43.2 Å². The predicted molar refractivity (Wildman–Crippen MR) is 100.0 cm³/mol. The second kappa shape index (κ2) is 8.63. The highest BCUT2D eigenvalue weighted by Crippen LogP contribution is 2.34. The Morgan fingerprint density at radius 2 is 1.78 bits per heavy atom. The molecule has 0 saturated carbocycles. The summed E-state index contributed by atoms with van der Waals surface area (Å²) in [5.74, 6) is -2.09. The Balaban J connectivity index is 2.18. The van der Waals surface area contributed by atoms with E-state index in [-0.39, 0.29) is 27.8 Å². The molecule has 0 radical (unpaired) electrons. The number of nitrogens with one attached hydrogen (secondary N) is 2. The number of methoxy groups -OCH3 is 2. The first-order valence-corrected chi connectivity index (χ1v) is 8.70. The van der Waals surface area contributed by atoms with E-state index in [1.165, 1.54) is 32.4 Å². The van der Waals surface area contributed by atoms with Crippen LogP contribution in [0.15, 0.2) is 18.2 Å². The molecule has 0 atom stereocenters. The summed E-state index contributed by atoms with van der Waals surface area (Å²) < 4.78 is 22.6. The Hall–Kier alpha value is -2.94. The van der Waals surface area contributed by atoms with Gasteiger partial charge < -0.3 is 20.1 Å². The van der Waals surface area contributed by atoms with Crippen molar-refractivity contribution in [2.75, 3.05) is 31.4 Å². The van der Waals surface area contributed by atoms with Gasteiger partial charge in [0.1, 0.15) is 15.7 Å². The molecule has 0 aliphatic carbocycles. The van der Waals surface area contributed by atoms with E-state index in [0.29, 0.717) is 16.8 Å². The summed E-state index contributed by atoms with van der Waals surface area (Å²) in [4.78, 5) is 36.4. The summed E-state index contributed by atoms with van der Waals surface area (Å²) in [7, 11) is 2.44. The number of hydrogen-bond donors (Lipinski definition) is 2. The Kier molecular flexibility index (Phi) is 6.51. The van der Waals surface area contributed by atoms with Crippen LogP contribution in [-0.4, -0.2) is 38.6 Å². The molecule has 0 bridgehead atoms. The summed E-state index contributed by atoms with van der Waals surface area (Å²) >= 11 is 0.933. The van der Waals surface area contributed by atoms with Crippen molar-refractivity contribution in [2.24, 2.45) is 0 Å². The first-order valence-electron chi connectivity index (χ1n) is 7.88. The number of carbonyl (C=O) groups excluding carboxylic acids is 3. The van der Waals surface area contributed by atoms with Gasteiger partial charge in [0.05, 0.1) is 26.3 Å². The number of amides is 1. The minimum Gasteiger partial charge on any atom is -0.465 e. The molecule has 0 unspecified atom stereocenters. The summed E-state index contributed by atoms with van der Waals surface area (Å²) in [6.45, 7) is 3.17. The minimum absolute atomic E-state index is 0.106. The van der Waals surface area contributed by atoms with Crippen LogP contribution in [-0.2, 0) is 14.3 Å². The van der Waals surface area contributed by atoms with E-state index < -0.39 is 17.8 Å². The van der Waals surface area contributed by atoms with Crippen LogP contribution in [0, 0.1) is 19.7 Å². The molecule has 2 aromatic rings. The molecule has 1 heterocycles. The SMILES string of the molecule is COC(=O)c1sc(NC(=O)CNc2ccc(F)cc2C)c(C(=O)OC)c1C. The average Bonchev–Trinajstić information content (AvgIpc) is 2.95. The normalized spacial score (nSPS) is 10.3. The molecule has 1 aromatic heterocycles. The van der Waals surface area contributed by atoms with Gasteiger partial charge in [0.25, 0.3) is 0 Å². The van der Waals surface area contributed by atoms with Crippen LogP contribution >= 0.6 is 11.3 Å². The van der Waals surface area contributed by atoms with Gasteiger partial charge in [0.2, 0.25) is 5.91 Å². The van der Waals surface area contributed by atoms with Crippen LogP contribution in [0.2, 0.25) is 0 Å². The molecule has 144 valence electrons. The third-order valence-corrected chi connectivity index (χ3v) is 4.98. The third kappa shape index (κ3) is 4.62. The average molecular weight is 394 g/mol. The highest BCUT2D eigenvalue weighted by Gasteiger charge is 2.26. The summed E-state index contributed by atoms with van der Waals surface area (Å²) in [5.41, 5.74) is 1.74. The molecule has 2 N–H and O–H groups in total. The summed E-state index contributed by atoms with van der Waals surface area (Å²) in [5, 5.41) is 5.69. The first kappa shape index (κ1) is 20.4. The minimum atomic E-state index is -0.670. The number of carbonyl (C=O) groups is 3.